The Morgan fingerprint density at radius 3 is 2.37 bits per heavy atom. The SMILES string of the molecule is C=CCc1cc(CN=C(N)Nc2ccc(OC)cc2)cc(OC)c1OC.I. The molecule has 0 aliphatic rings. The fourth-order valence-electron chi connectivity index (χ4n) is 2.54. The van der Waals surface area contributed by atoms with Gasteiger partial charge in [-0.1, -0.05) is 6.08 Å². The Labute approximate surface area is 177 Å². The third kappa shape index (κ3) is 6.35. The molecule has 2 rings (SSSR count). The van der Waals surface area contributed by atoms with Crippen molar-refractivity contribution in [2.75, 3.05) is 26.6 Å². The minimum absolute atomic E-state index is 0. The van der Waals surface area contributed by atoms with E-state index in [2.05, 4.69) is 16.9 Å². The van der Waals surface area contributed by atoms with Crippen LogP contribution in [-0.4, -0.2) is 27.3 Å². The van der Waals surface area contributed by atoms with Crippen molar-refractivity contribution in [1.29, 1.82) is 0 Å². The van der Waals surface area contributed by atoms with E-state index >= 15 is 0 Å². The molecule has 0 saturated heterocycles. The van der Waals surface area contributed by atoms with Gasteiger partial charge in [0.1, 0.15) is 5.75 Å². The zero-order chi connectivity index (χ0) is 18.9. The molecule has 0 spiro atoms. The molecule has 0 radical (unpaired) electrons. The maximum Gasteiger partial charge on any atom is 0.193 e. The van der Waals surface area contributed by atoms with Crippen molar-refractivity contribution in [2.24, 2.45) is 10.7 Å². The van der Waals surface area contributed by atoms with Crippen LogP contribution < -0.4 is 25.3 Å². The van der Waals surface area contributed by atoms with Gasteiger partial charge in [-0.3, -0.25) is 0 Å². The summed E-state index contributed by atoms with van der Waals surface area (Å²) >= 11 is 0. The van der Waals surface area contributed by atoms with E-state index in [1.165, 1.54) is 0 Å². The number of nitrogens with zero attached hydrogens (tertiary/aromatic N) is 1. The van der Waals surface area contributed by atoms with Gasteiger partial charge in [-0.05, 0) is 48.4 Å². The van der Waals surface area contributed by atoms with Gasteiger partial charge in [-0.25, -0.2) is 4.99 Å². The van der Waals surface area contributed by atoms with E-state index in [9.17, 15) is 0 Å². The van der Waals surface area contributed by atoms with Crippen LogP contribution in [0.1, 0.15) is 11.1 Å². The molecule has 0 atom stereocenters. The number of allylic oxidation sites excluding steroid dienone is 1. The van der Waals surface area contributed by atoms with Gasteiger partial charge in [0.05, 0.1) is 27.9 Å². The first-order chi connectivity index (χ1) is 12.6. The van der Waals surface area contributed by atoms with E-state index in [0.717, 1.165) is 22.6 Å². The number of hydrogen-bond donors (Lipinski definition) is 2. The second-order valence-corrected chi connectivity index (χ2v) is 5.54. The van der Waals surface area contributed by atoms with Crippen LogP contribution in [0.15, 0.2) is 54.0 Å². The summed E-state index contributed by atoms with van der Waals surface area (Å²) < 4.78 is 16.0. The molecule has 0 aliphatic carbocycles. The molecule has 0 fully saturated rings. The minimum atomic E-state index is 0. The molecular formula is C20H26IN3O3. The normalized spacial score (nSPS) is 10.6. The van der Waals surface area contributed by atoms with E-state index in [1.54, 1.807) is 21.3 Å². The lowest BCUT2D eigenvalue weighted by Crippen LogP contribution is -2.22. The first-order valence-electron chi connectivity index (χ1n) is 8.17. The van der Waals surface area contributed by atoms with Crippen LogP contribution in [-0.2, 0) is 13.0 Å². The number of nitrogens with one attached hydrogen (secondary N) is 1. The van der Waals surface area contributed by atoms with Crippen LogP contribution in [0.4, 0.5) is 5.69 Å². The smallest absolute Gasteiger partial charge is 0.193 e. The van der Waals surface area contributed by atoms with Gasteiger partial charge in [-0.2, -0.15) is 0 Å². The topological polar surface area (TPSA) is 78.1 Å². The molecule has 0 heterocycles. The molecule has 0 aliphatic heterocycles. The standard InChI is InChI=1S/C20H25N3O3.HI/c1-5-6-15-11-14(12-18(25-3)19(15)26-4)13-22-20(21)23-16-7-9-17(24-2)10-8-16;/h5,7-12H,1,6,13H2,2-4H3,(H3,21,22,23);1H. The Balaban J connectivity index is 0.00000364. The zero-order valence-electron chi connectivity index (χ0n) is 15.8. The van der Waals surface area contributed by atoms with Gasteiger partial charge in [0.15, 0.2) is 17.5 Å². The molecule has 2 aromatic carbocycles. The molecule has 0 aromatic heterocycles. The first kappa shape index (κ1) is 22.6. The van der Waals surface area contributed by atoms with E-state index < -0.39 is 0 Å². The zero-order valence-corrected chi connectivity index (χ0v) is 18.2. The van der Waals surface area contributed by atoms with Gasteiger partial charge in [0, 0.05) is 11.3 Å². The first-order valence-corrected chi connectivity index (χ1v) is 8.17. The number of guanidine groups is 1. The molecule has 3 N–H and O–H groups in total. The highest BCUT2D eigenvalue weighted by atomic mass is 127. The summed E-state index contributed by atoms with van der Waals surface area (Å²) in [5, 5.41) is 3.05. The monoisotopic (exact) mass is 483 g/mol. The average Bonchev–Trinajstić information content (AvgIpc) is 2.66. The molecule has 146 valence electrons. The van der Waals surface area contributed by atoms with Crippen LogP contribution in [0.5, 0.6) is 17.2 Å². The second-order valence-electron chi connectivity index (χ2n) is 5.54. The van der Waals surface area contributed by atoms with Crippen molar-refractivity contribution in [3.63, 3.8) is 0 Å². The summed E-state index contributed by atoms with van der Waals surface area (Å²) in [7, 11) is 4.86. The number of aliphatic imine (C=N–C) groups is 1. The third-order valence-corrected chi connectivity index (χ3v) is 3.77. The highest BCUT2D eigenvalue weighted by Gasteiger charge is 2.11. The van der Waals surface area contributed by atoms with Gasteiger partial charge in [0.25, 0.3) is 0 Å². The largest absolute Gasteiger partial charge is 0.497 e. The quantitative estimate of drug-likeness (QED) is 0.257. The second kappa shape index (κ2) is 11.3. The number of hydrogen-bond acceptors (Lipinski definition) is 4. The number of halogens is 1. The van der Waals surface area contributed by atoms with E-state index in [0.29, 0.717) is 30.4 Å². The Morgan fingerprint density at radius 1 is 1.11 bits per heavy atom. The fourth-order valence-corrected chi connectivity index (χ4v) is 2.54. The Kier molecular flexibility index (Phi) is 9.49. The lowest BCUT2D eigenvalue weighted by molar-refractivity contribution is 0.352. The Morgan fingerprint density at radius 2 is 1.81 bits per heavy atom. The van der Waals surface area contributed by atoms with Crippen molar-refractivity contribution in [2.45, 2.75) is 13.0 Å². The Hall–Kier alpha value is -2.42. The number of ether oxygens (including phenoxy) is 3. The minimum Gasteiger partial charge on any atom is -0.497 e. The number of benzene rings is 2. The summed E-state index contributed by atoms with van der Waals surface area (Å²) in [5.41, 5.74) is 8.79. The molecule has 27 heavy (non-hydrogen) atoms. The van der Waals surface area contributed by atoms with Crippen molar-refractivity contribution >= 4 is 35.6 Å². The predicted molar refractivity (Wildman–Crippen MR) is 121 cm³/mol. The van der Waals surface area contributed by atoms with Crippen molar-refractivity contribution in [3.8, 4) is 17.2 Å². The molecule has 0 unspecified atom stereocenters. The summed E-state index contributed by atoms with van der Waals surface area (Å²) in [5.74, 6) is 2.49. The predicted octanol–water partition coefficient (Wildman–Crippen LogP) is 3.99. The van der Waals surface area contributed by atoms with Crippen molar-refractivity contribution in [3.05, 3.63) is 60.2 Å². The molecule has 0 saturated carbocycles. The number of nitrogens with two attached hydrogens (primary N) is 1. The summed E-state index contributed by atoms with van der Waals surface area (Å²) in [6.45, 7) is 4.20. The van der Waals surface area contributed by atoms with Crippen LogP contribution in [0.2, 0.25) is 0 Å². The van der Waals surface area contributed by atoms with Crippen LogP contribution >= 0.6 is 24.0 Å². The summed E-state index contributed by atoms with van der Waals surface area (Å²) in [6.07, 6.45) is 2.50. The van der Waals surface area contributed by atoms with Gasteiger partial charge < -0.3 is 25.3 Å². The molecule has 7 heteroatoms. The number of methoxy groups -OCH3 is 3. The van der Waals surface area contributed by atoms with Gasteiger partial charge in [-0.15, -0.1) is 30.6 Å². The molecule has 0 amide bonds. The number of rotatable bonds is 8. The third-order valence-electron chi connectivity index (χ3n) is 3.77. The fraction of sp³-hybridized carbons (Fsp3) is 0.250. The highest BCUT2D eigenvalue weighted by Crippen LogP contribution is 2.33. The van der Waals surface area contributed by atoms with Crippen LogP contribution in [0, 0.1) is 0 Å². The van der Waals surface area contributed by atoms with Crippen molar-refractivity contribution in [1.82, 2.24) is 0 Å². The van der Waals surface area contributed by atoms with Crippen LogP contribution in [0.3, 0.4) is 0 Å². The van der Waals surface area contributed by atoms with E-state index in [4.69, 9.17) is 19.9 Å². The lowest BCUT2D eigenvalue weighted by atomic mass is 10.1. The molecular weight excluding hydrogens is 457 g/mol. The van der Waals surface area contributed by atoms with Gasteiger partial charge >= 0.3 is 0 Å². The van der Waals surface area contributed by atoms with E-state index in [1.807, 2.05) is 42.5 Å². The average molecular weight is 483 g/mol. The van der Waals surface area contributed by atoms with Crippen LogP contribution in [0.25, 0.3) is 0 Å². The Bertz CT molecular complexity index is 777. The maximum atomic E-state index is 5.98. The maximum absolute atomic E-state index is 5.98. The number of anilines is 1. The molecule has 2 aromatic rings. The molecule has 6 nitrogen and oxygen atoms in total. The molecule has 0 bridgehead atoms. The van der Waals surface area contributed by atoms with E-state index in [-0.39, 0.29) is 24.0 Å². The summed E-state index contributed by atoms with van der Waals surface area (Å²) in [6, 6.07) is 11.4. The van der Waals surface area contributed by atoms with Crippen molar-refractivity contribution < 1.29 is 14.2 Å². The van der Waals surface area contributed by atoms with Gasteiger partial charge in [0.2, 0.25) is 0 Å². The highest BCUT2D eigenvalue weighted by molar-refractivity contribution is 14.0. The summed E-state index contributed by atoms with van der Waals surface area (Å²) in [4.78, 5) is 4.39. The lowest BCUT2D eigenvalue weighted by Gasteiger charge is -2.14.